The number of ether oxygens (including phenoxy) is 3. The molecule has 2 aromatic carbocycles. The van der Waals surface area contributed by atoms with Crippen molar-refractivity contribution in [3.63, 3.8) is 0 Å². The van der Waals surface area contributed by atoms with Gasteiger partial charge in [-0.2, -0.15) is 0 Å². The molecule has 35 heavy (non-hydrogen) atoms. The summed E-state index contributed by atoms with van der Waals surface area (Å²) >= 11 is 7.16. The second-order valence-corrected chi connectivity index (χ2v) is 9.03. The lowest BCUT2D eigenvalue weighted by molar-refractivity contribution is 0.0526. The van der Waals surface area contributed by atoms with Crippen LogP contribution >= 0.6 is 22.9 Å². The minimum Gasteiger partial charge on any atom is -0.493 e. The van der Waals surface area contributed by atoms with E-state index in [2.05, 4.69) is 4.98 Å². The van der Waals surface area contributed by atoms with Gasteiger partial charge in [-0.05, 0) is 55.8 Å². The molecule has 4 rings (SSSR count). The van der Waals surface area contributed by atoms with Crippen LogP contribution in [0, 0.1) is 6.92 Å². The predicted octanol–water partition coefficient (Wildman–Crippen LogP) is 5.93. The molecule has 0 saturated heterocycles. The molecule has 2 heterocycles. The Morgan fingerprint density at radius 3 is 2.37 bits per heavy atom. The molecular weight excluding hydrogens is 488 g/mol. The van der Waals surface area contributed by atoms with E-state index in [0.29, 0.717) is 54.0 Å². The summed E-state index contributed by atoms with van der Waals surface area (Å²) in [6.07, 6.45) is 0. The topological polar surface area (TPSA) is 101 Å². The van der Waals surface area contributed by atoms with Gasteiger partial charge in [-0.3, -0.25) is 4.79 Å². The Morgan fingerprint density at radius 1 is 1.06 bits per heavy atom. The molecule has 9 heteroatoms. The quantitative estimate of drug-likeness (QED) is 0.243. The number of nitrogen functional groups attached to an aromatic ring is 1. The molecule has 0 aliphatic rings. The number of fused-ring (bicyclic) bond motifs is 1. The monoisotopic (exact) mass is 510 g/mol. The first-order valence-corrected chi connectivity index (χ1v) is 11.9. The lowest BCUT2D eigenvalue weighted by Crippen LogP contribution is -2.11. The number of carbonyl (C=O) groups is 2. The van der Waals surface area contributed by atoms with Gasteiger partial charge in [-0.15, -0.1) is 11.3 Å². The average Bonchev–Trinajstić information content (AvgIpc) is 3.18. The van der Waals surface area contributed by atoms with E-state index < -0.39 is 5.97 Å². The van der Waals surface area contributed by atoms with E-state index in [4.69, 9.17) is 31.5 Å². The standard InChI is InChI=1S/C26H23ClN2O5S/c1-5-34-26(31)19-13(2)29-25-21(20(19)15-8-11-17(32-3)18(12-15)33-4)22(28)24(35-25)23(30)14-6-9-16(27)10-7-14/h6-12H,5,28H2,1-4H3. The smallest absolute Gasteiger partial charge is 0.340 e. The van der Waals surface area contributed by atoms with Gasteiger partial charge < -0.3 is 19.9 Å². The van der Waals surface area contributed by atoms with Crippen LogP contribution in [0.5, 0.6) is 11.5 Å². The molecule has 2 aromatic heterocycles. The average molecular weight is 511 g/mol. The van der Waals surface area contributed by atoms with E-state index in [9.17, 15) is 9.59 Å². The van der Waals surface area contributed by atoms with Crippen molar-refractivity contribution < 1.29 is 23.8 Å². The van der Waals surface area contributed by atoms with Gasteiger partial charge in [0.25, 0.3) is 0 Å². The van der Waals surface area contributed by atoms with E-state index in [-0.39, 0.29) is 23.6 Å². The van der Waals surface area contributed by atoms with E-state index >= 15 is 0 Å². The molecule has 0 bridgehead atoms. The van der Waals surface area contributed by atoms with Crippen molar-refractivity contribution in [2.24, 2.45) is 0 Å². The predicted molar refractivity (Wildman–Crippen MR) is 138 cm³/mol. The highest BCUT2D eigenvalue weighted by Crippen LogP contribution is 2.44. The number of esters is 1. The van der Waals surface area contributed by atoms with Crippen molar-refractivity contribution in [1.29, 1.82) is 0 Å². The van der Waals surface area contributed by atoms with Crippen molar-refractivity contribution >= 4 is 50.6 Å². The number of aryl methyl sites for hydroxylation is 1. The van der Waals surface area contributed by atoms with Gasteiger partial charge in [0.05, 0.1) is 37.8 Å². The Labute approximate surface area is 211 Å². The van der Waals surface area contributed by atoms with Crippen molar-refractivity contribution in [3.05, 3.63) is 69.2 Å². The molecule has 0 radical (unpaired) electrons. The molecule has 0 aliphatic carbocycles. The number of nitrogens with zero attached hydrogens (tertiary/aromatic N) is 1. The number of nitrogens with two attached hydrogens (primary N) is 1. The summed E-state index contributed by atoms with van der Waals surface area (Å²) in [4.78, 5) is 31.9. The first-order chi connectivity index (χ1) is 16.8. The van der Waals surface area contributed by atoms with Gasteiger partial charge in [0.15, 0.2) is 11.5 Å². The highest BCUT2D eigenvalue weighted by molar-refractivity contribution is 7.21. The number of pyridine rings is 1. The number of aromatic nitrogens is 1. The van der Waals surface area contributed by atoms with Gasteiger partial charge in [-0.25, -0.2) is 9.78 Å². The maximum atomic E-state index is 13.3. The first kappa shape index (κ1) is 24.5. The number of rotatable bonds is 7. The number of anilines is 1. The minimum absolute atomic E-state index is 0.196. The summed E-state index contributed by atoms with van der Waals surface area (Å²) in [6.45, 7) is 3.66. The fraction of sp³-hybridized carbons (Fsp3) is 0.192. The number of carbonyl (C=O) groups excluding carboxylic acids is 2. The molecule has 0 spiro atoms. The molecule has 2 N–H and O–H groups in total. The fourth-order valence-corrected chi connectivity index (χ4v) is 5.14. The Bertz CT molecular complexity index is 1450. The maximum absolute atomic E-state index is 13.3. The zero-order valence-electron chi connectivity index (χ0n) is 19.6. The van der Waals surface area contributed by atoms with Crippen molar-refractivity contribution in [2.75, 3.05) is 26.6 Å². The summed E-state index contributed by atoms with van der Waals surface area (Å²) in [6, 6.07) is 11.9. The van der Waals surface area contributed by atoms with Gasteiger partial charge in [0.1, 0.15) is 9.71 Å². The van der Waals surface area contributed by atoms with Crippen molar-refractivity contribution in [1.82, 2.24) is 4.98 Å². The molecule has 0 aliphatic heterocycles. The Hall–Kier alpha value is -3.62. The van der Waals surface area contributed by atoms with E-state index in [0.717, 1.165) is 0 Å². The van der Waals surface area contributed by atoms with E-state index in [1.54, 1.807) is 63.4 Å². The largest absolute Gasteiger partial charge is 0.493 e. The van der Waals surface area contributed by atoms with Crippen LogP contribution < -0.4 is 15.2 Å². The van der Waals surface area contributed by atoms with Crippen LogP contribution in [0.3, 0.4) is 0 Å². The Morgan fingerprint density at radius 2 is 1.74 bits per heavy atom. The van der Waals surface area contributed by atoms with E-state index in [1.165, 1.54) is 18.4 Å². The number of ketones is 1. The number of hydrogen-bond donors (Lipinski definition) is 1. The summed E-state index contributed by atoms with van der Waals surface area (Å²) in [7, 11) is 3.07. The molecule has 180 valence electrons. The van der Waals surface area contributed by atoms with Crippen LogP contribution in [-0.2, 0) is 4.74 Å². The third-order valence-corrected chi connectivity index (χ3v) is 6.87. The van der Waals surface area contributed by atoms with Crippen LogP contribution in [-0.4, -0.2) is 37.6 Å². The zero-order chi connectivity index (χ0) is 25.3. The number of halogens is 1. The summed E-state index contributed by atoms with van der Waals surface area (Å²) in [5, 5.41) is 1.03. The summed E-state index contributed by atoms with van der Waals surface area (Å²) < 4.78 is 16.2. The Balaban J connectivity index is 2.03. The zero-order valence-corrected chi connectivity index (χ0v) is 21.2. The van der Waals surface area contributed by atoms with Gasteiger partial charge in [0, 0.05) is 21.5 Å². The van der Waals surface area contributed by atoms with Crippen LogP contribution in [0.15, 0.2) is 42.5 Å². The second-order valence-electron chi connectivity index (χ2n) is 7.60. The van der Waals surface area contributed by atoms with Gasteiger partial charge >= 0.3 is 5.97 Å². The molecule has 0 fully saturated rings. The van der Waals surface area contributed by atoms with Gasteiger partial charge in [-0.1, -0.05) is 17.7 Å². The molecule has 7 nitrogen and oxygen atoms in total. The SMILES string of the molecule is CCOC(=O)c1c(C)nc2sc(C(=O)c3ccc(Cl)cc3)c(N)c2c1-c1ccc(OC)c(OC)c1. The van der Waals surface area contributed by atoms with Crippen LogP contribution in [0.1, 0.15) is 38.2 Å². The summed E-state index contributed by atoms with van der Waals surface area (Å²) in [5.74, 6) is 0.234. The molecule has 0 saturated carbocycles. The lowest BCUT2D eigenvalue weighted by Gasteiger charge is -2.15. The van der Waals surface area contributed by atoms with Crippen LogP contribution in [0.2, 0.25) is 5.02 Å². The third-order valence-electron chi connectivity index (χ3n) is 5.52. The highest BCUT2D eigenvalue weighted by Gasteiger charge is 2.28. The molecule has 0 atom stereocenters. The van der Waals surface area contributed by atoms with E-state index in [1.807, 2.05) is 0 Å². The summed E-state index contributed by atoms with van der Waals surface area (Å²) in [5.41, 5.74) is 9.19. The first-order valence-electron chi connectivity index (χ1n) is 10.7. The lowest BCUT2D eigenvalue weighted by atomic mass is 9.94. The molecule has 0 amide bonds. The number of methoxy groups -OCH3 is 2. The number of thiophene rings is 1. The Kier molecular flexibility index (Phi) is 6.95. The maximum Gasteiger partial charge on any atom is 0.340 e. The molecule has 4 aromatic rings. The third kappa shape index (κ3) is 4.42. The van der Waals surface area contributed by atoms with Crippen LogP contribution in [0.4, 0.5) is 5.69 Å². The van der Waals surface area contributed by atoms with Crippen LogP contribution in [0.25, 0.3) is 21.3 Å². The second kappa shape index (κ2) is 9.93. The minimum atomic E-state index is -0.527. The fourth-order valence-electron chi connectivity index (χ4n) is 3.90. The molecule has 0 unspecified atom stereocenters. The molecular formula is C26H23ClN2O5S. The van der Waals surface area contributed by atoms with Crippen molar-refractivity contribution in [2.45, 2.75) is 13.8 Å². The van der Waals surface area contributed by atoms with Gasteiger partial charge in [0.2, 0.25) is 5.78 Å². The van der Waals surface area contributed by atoms with Crippen molar-refractivity contribution in [3.8, 4) is 22.6 Å². The number of benzene rings is 2. The highest BCUT2D eigenvalue weighted by atomic mass is 35.5. The normalized spacial score (nSPS) is 10.9. The number of hydrogen-bond acceptors (Lipinski definition) is 8.